The molecule has 2 amide bonds. The Morgan fingerprint density at radius 3 is 2.29 bits per heavy atom. The predicted octanol–water partition coefficient (Wildman–Crippen LogP) is 3.56. The number of carbonyl (C=O) groups excluding carboxylic acids is 3. The fourth-order valence-electron chi connectivity index (χ4n) is 3.00. The quantitative estimate of drug-likeness (QED) is 0.760. The Hall–Kier alpha value is -3.10. The Labute approximate surface area is 159 Å². The first-order chi connectivity index (χ1) is 12.9. The van der Waals surface area contributed by atoms with Crippen molar-refractivity contribution in [3.05, 3.63) is 52.3 Å². The third-order valence-corrected chi connectivity index (χ3v) is 4.24. The van der Waals surface area contributed by atoms with Gasteiger partial charge < -0.3 is 15.2 Å². The molecule has 0 radical (unpaired) electrons. The number of likely N-dealkylation sites (N-methyl/N-ethyl adjacent to an activating group) is 1. The minimum absolute atomic E-state index is 0.161. The molecule has 0 fully saturated rings. The Balaban J connectivity index is 2.15. The van der Waals surface area contributed by atoms with Crippen molar-refractivity contribution in [3.63, 3.8) is 0 Å². The van der Waals surface area contributed by atoms with Gasteiger partial charge in [-0.25, -0.2) is 0 Å². The van der Waals surface area contributed by atoms with Gasteiger partial charge in [-0.1, -0.05) is 12.1 Å². The summed E-state index contributed by atoms with van der Waals surface area (Å²) in [4.78, 5) is 40.3. The molecule has 0 spiro atoms. The minimum atomic E-state index is -4.62. The number of aromatic nitrogens is 1. The summed E-state index contributed by atoms with van der Waals surface area (Å²) in [5.41, 5.74) is 0.204. The van der Waals surface area contributed by atoms with Gasteiger partial charge in [0.2, 0.25) is 5.91 Å². The standard InChI is InChI=1S/C19H20F3N3O3/c1-10-16(12(3)26)11(2)23-17(10)18(28)25(4)9-15(27)24-14-8-6-5-7-13(14)19(20,21)22/h5-8,23H,9H2,1-4H3,(H,24,27). The van der Waals surface area contributed by atoms with Gasteiger partial charge >= 0.3 is 6.18 Å². The Morgan fingerprint density at radius 2 is 1.75 bits per heavy atom. The number of ketones is 1. The third-order valence-electron chi connectivity index (χ3n) is 4.24. The van der Waals surface area contributed by atoms with E-state index in [-0.39, 0.29) is 17.2 Å². The summed E-state index contributed by atoms with van der Waals surface area (Å²) in [7, 11) is 1.35. The van der Waals surface area contributed by atoms with E-state index in [0.29, 0.717) is 16.8 Å². The lowest BCUT2D eigenvalue weighted by Gasteiger charge is -2.18. The first-order valence-electron chi connectivity index (χ1n) is 8.35. The number of hydrogen-bond donors (Lipinski definition) is 2. The Morgan fingerprint density at radius 1 is 1.14 bits per heavy atom. The fourth-order valence-corrected chi connectivity index (χ4v) is 3.00. The van der Waals surface area contributed by atoms with E-state index in [1.54, 1.807) is 13.8 Å². The highest BCUT2D eigenvalue weighted by Gasteiger charge is 2.33. The monoisotopic (exact) mass is 395 g/mol. The van der Waals surface area contributed by atoms with E-state index in [0.717, 1.165) is 17.0 Å². The molecule has 0 saturated carbocycles. The molecule has 2 aromatic rings. The largest absolute Gasteiger partial charge is 0.418 e. The maximum absolute atomic E-state index is 13.0. The highest BCUT2D eigenvalue weighted by molar-refractivity contribution is 6.04. The zero-order valence-electron chi connectivity index (χ0n) is 15.8. The molecular weight excluding hydrogens is 375 g/mol. The van der Waals surface area contributed by atoms with Crippen LogP contribution in [0.15, 0.2) is 24.3 Å². The summed E-state index contributed by atoms with van der Waals surface area (Å²) in [5.74, 6) is -1.53. The third kappa shape index (κ3) is 4.41. The number of anilines is 1. The first kappa shape index (κ1) is 21.2. The second-order valence-electron chi connectivity index (χ2n) is 6.43. The Bertz CT molecular complexity index is 932. The van der Waals surface area contributed by atoms with Gasteiger partial charge in [-0.3, -0.25) is 14.4 Å². The van der Waals surface area contributed by atoms with Crippen LogP contribution in [-0.4, -0.2) is 41.1 Å². The lowest BCUT2D eigenvalue weighted by Crippen LogP contribution is -2.35. The number of nitrogens with one attached hydrogen (secondary N) is 2. The number of amides is 2. The van der Waals surface area contributed by atoms with E-state index >= 15 is 0 Å². The van der Waals surface area contributed by atoms with Crippen molar-refractivity contribution in [2.24, 2.45) is 0 Å². The van der Waals surface area contributed by atoms with E-state index < -0.39 is 30.1 Å². The van der Waals surface area contributed by atoms with Gasteiger partial charge in [-0.2, -0.15) is 13.2 Å². The molecule has 150 valence electrons. The second-order valence-corrected chi connectivity index (χ2v) is 6.43. The van der Waals surface area contributed by atoms with Crippen molar-refractivity contribution >= 4 is 23.3 Å². The molecule has 6 nitrogen and oxygen atoms in total. The van der Waals surface area contributed by atoms with Crippen LogP contribution in [0.5, 0.6) is 0 Å². The lowest BCUT2D eigenvalue weighted by atomic mass is 10.1. The van der Waals surface area contributed by atoms with Crippen molar-refractivity contribution in [2.75, 3.05) is 18.9 Å². The van der Waals surface area contributed by atoms with Crippen molar-refractivity contribution in [1.29, 1.82) is 0 Å². The SMILES string of the molecule is CC(=O)c1c(C)[nH]c(C(=O)N(C)CC(=O)Nc2ccccc2C(F)(F)F)c1C. The number of nitrogens with zero attached hydrogens (tertiary/aromatic N) is 1. The van der Waals surface area contributed by atoms with Crippen LogP contribution >= 0.6 is 0 Å². The van der Waals surface area contributed by atoms with E-state index in [1.165, 1.54) is 26.1 Å². The van der Waals surface area contributed by atoms with Gasteiger partial charge in [0.05, 0.1) is 17.8 Å². The van der Waals surface area contributed by atoms with Gasteiger partial charge in [0, 0.05) is 18.3 Å². The summed E-state index contributed by atoms with van der Waals surface area (Å²) in [6.07, 6.45) is -4.62. The number of halogens is 3. The second kappa shape index (κ2) is 7.87. The van der Waals surface area contributed by atoms with Crippen LogP contribution in [-0.2, 0) is 11.0 Å². The molecule has 9 heteroatoms. The zero-order valence-corrected chi connectivity index (χ0v) is 15.8. The Kier molecular flexibility index (Phi) is 5.96. The number of hydrogen-bond acceptors (Lipinski definition) is 3. The van der Waals surface area contributed by atoms with E-state index in [1.807, 2.05) is 0 Å². The smallest absolute Gasteiger partial charge is 0.354 e. The van der Waals surface area contributed by atoms with E-state index in [2.05, 4.69) is 10.3 Å². The number of para-hydroxylation sites is 1. The molecule has 2 N–H and O–H groups in total. The van der Waals surface area contributed by atoms with Gasteiger partial charge in [-0.15, -0.1) is 0 Å². The van der Waals surface area contributed by atoms with Crippen LogP contribution in [0.4, 0.5) is 18.9 Å². The van der Waals surface area contributed by atoms with Gasteiger partial charge in [-0.05, 0) is 38.5 Å². The minimum Gasteiger partial charge on any atom is -0.354 e. The molecule has 0 atom stereocenters. The van der Waals surface area contributed by atoms with Crippen LogP contribution in [0.25, 0.3) is 0 Å². The van der Waals surface area contributed by atoms with Gasteiger partial charge in [0.25, 0.3) is 5.91 Å². The van der Waals surface area contributed by atoms with E-state index in [9.17, 15) is 27.6 Å². The molecule has 0 saturated heterocycles. The molecule has 2 rings (SSSR count). The predicted molar refractivity (Wildman–Crippen MR) is 97.3 cm³/mol. The van der Waals surface area contributed by atoms with Crippen LogP contribution < -0.4 is 5.32 Å². The van der Waals surface area contributed by atoms with Gasteiger partial charge in [0.15, 0.2) is 5.78 Å². The van der Waals surface area contributed by atoms with Crippen LogP contribution in [0.1, 0.15) is 44.6 Å². The summed E-state index contributed by atoms with van der Waals surface area (Å²) in [6, 6.07) is 4.59. The molecule has 1 heterocycles. The first-order valence-corrected chi connectivity index (χ1v) is 8.35. The summed E-state index contributed by atoms with van der Waals surface area (Å²) in [6.45, 7) is 4.19. The van der Waals surface area contributed by atoms with E-state index in [4.69, 9.17) is 0 Å². The number of alkyl halides is 3. The molecule has 0 aliphatic carbocycles. The molecule has 1 aromatic carbocycles. The van der Waals surface area contributed by atoms with Crippen LogP contribution in [0.3, 0.4) is 0 Å². The van der Waals surface area contributed by atoms with Crippen molar-refractivity contribution in [2.45, 2.75) is 26.9 Å². The molecule has 0 bridgehead atoms. The number of H-pyrrole nitrogens is 1. The van der Waals surface area contributed by atoms with Gasteiger partial charge in [0.1, 0.15) is 5.69 Å². The average molecular weight is 395 g/mol. The maximum atomic E-state index is 13.0. The number of rotatable bonds is 5. The van der Waals surface area contributed by atoms with Crippen molar-refractivity contribution in [3.8, 4) is 0 Å². The molecule has 0 aliphatic heterocycles. The number of Topliss-reactive ketones (excluding diaryl/α,β-unsaturated/α-hetero) is 1. The average Bonchev–Trinajstić information content (AvgIpc) is 2.88. The van der Waals surface area contributed by atoms with Crippen LogP contribution in [0, 0.1) is 13.8 Å². The number of carbonyl (C=O) groups is 3. The summed E-state index contributed by atoms with van der Waals surface area (Å²) >= 11 is 0. The molecule has 0 unspecified atom stereocenters. The molecule has 1 aromatic heterocycles. The highest BCUT2D eigenvalue weighted by atomic mass is 19.4. The molecular formula is C19H20F3N3O3. The maximum Gasteiger partial charge on any atom is 0.418 e. The molecule has 0 aliphatic rings. The highest BCUT2D eigenvalue weighted by Crippen LogP contribution is 2.34. The summed E-state index contributed by atoms with van der Waals surface area (Å²) in [5, 5.41) is 2.19. The number of aromatic amines is 1. The summed E-state index contributed by atoms with van der Waals surface area (Å²) < 4.78 is 39.0. The number of aryl methyl sites for hydroxylation is 1. The fraction of sp³-hybridized carbons (Fsp3) is 0.316. The lowest BCUT2D eigenvalue weighted by molar-refractivity contribution is -0.137. The van der Waals surface area contributed by atoms with Crippen LogP contribution in [0.2, 0.25) is 0 Å². The molecule has 28 heavy (non-hydrogen) atoms. The zero-order chi connectivity index (χ0) is 21.2. The normalized spacial score (nSPS) is 11.2. The number of benzene rings is 1. The van der Waals surface area contributed by atoms with Crippen molar-refractivity contribution < 1.29 is 27.6 Å². The van der Waals surface area contributed by atoms with Crippen molar-refractivity contribution in [1.82, 2.24) is 9.88 Å². The topological polar surface area (TPSA) is 82.3 Å².